The molecule has 0 N–H and O–H groups in total. The highest BCUT2D eigenvalue weighted by Crippen LogP contribution is 2.10. The second-order valence-electron chi connectivity index (χ2n) is 1.58. The summed E-state index contributed by atoms with van der Waals surface area (Å²) in [6, 6.07) is 0. The molecule has 0 spiro atoms. The minimum atomic E-state index is -0.115. The molecule has 3 heteroatoms. The van der Waals surface area contributed by atoms with Crippen molar-refractivity contribution in [1.82, 2.24) is 0 Å². The molecule has 2 atom stereocenters. The van der Waals surface area contributed by atoms with E-state index in [1.54, 1.807) is 0 Å². The lowest BCUT2D eigenvalue weighted by Gasteiger charge is -2.04. The van der Waals surface area contributed by atoms with Crippen LogP contribution in [0.3, 0.4) is 0 Å². The summed E-state index contributed by atoms with van der Waals surface area (Å²) >= 11 is 16.5. The van der Waals surface area contributed by atoms with E-state index >= 15 is 0 Å². The predicted octanol–water partition coefficient (Wildman–Crippen LogP) is 2.66. The molecule has 0 aliphatic rings. The molecule has 0 heterocycles. The summed E-state index contributed by atoms with van der Waals surface area (Å²) in [7, 11) is 0. The van der Waals surface area contributed by atoms with Crippen LogP contribution in [-0.2, 0) is 0 Å². The normalized spacial score (nSPS) is 18.0. The van der Waals surface area contributed by atoms with Crippen molar-refractivity contribution in [3.8, 4) is 0 Å². The summed E-state index contributed by atoms with van der Waals surface area (Å²) in [5.41, 5.74) is 0. The third-order valence-corrected chi connectivity index (χ3v) is 1.72. The Hall–Kier alpha value is 0.870. The molecule has 1 radical (unpaired) electrons. The summed E-state index contributed by atoms with van der Waals surface area (Å²) in [5, 5.41) is -0.145. The minimum absolute atomic E-state index is 0.0309. The van der Waals surface area contributed by atoms with E-state index in [0.29, 0.717) is 12.3 Å². The Balaban J connectivity index is 3.10. The van der Waals surface area contributed by atoms with Gasteiger partial charge >= 0.3 is 0 Å². The average Bonchev–Trinajstić information content (AvgIpc) is 1.65. The van der Waals surface area contributed by atoms with Crippen LogP contribution < -0.4 is 0 Å². The molecule has 0 nitrogen and oxygen atoms in total. The van der Waals surface area contributed by atoms with Crippen molar-refractivity contribution < 1.29 is 0 Å². The summed E-state index contributed by atoms with van der Waals surface area (Å²) in [6.45, 7) is 3.55. The number of alkyl halides is 3. The Morgan fingerprint density at radius 2 is 1.88 bits per heavy atom. The second-order valence-corrected chi connectivity index (χ2v) is 3.13. The summed E-state index contributed by atoms with van der Waals surface area (Å²) in [5.74, 6) is 0.445. The number of hydrogen-bond donors (Lipinski definition) is 0. The molecule has 2 unspecified atom stereocenters. The molecular weight excluding hydrogens is 166 g/mol. The number of halogens is 3. The van der Waals surface area contributed by atoms with Gasteiger partial charge in [0, 0.05) is 16.6 Å². The van der Waals surface area contributed by atoms with Gasteiger partial charge in [0.05, 0.1) is 0 Å². The molecule has 0 aromatic heterocycles. The average molecular weight is 174 g/mol. The van der Waals surface area contributed by atoms with Gasteiger partial charge in [-0.05, 0) is 13.3 Å². The van der Waals surface area contributed by atoms with Gasteiger partial charge in [-0.1, -0.05) is 0 Å². The quantitative estimate of drug-likeness (QED) is 0.577. The summed E-state index contributed by atoms with van der Waals surface area (Å²) < 4.78 is 0. The van der Waals surface area contributed by atoms with Crippen molar-refractivity contribution in [1.29, 1.82) is 0 Å². The maximum absolute atomic E-state index is 5.60. The number of rotatable bonds is 3. The first-order valence-corrected chi connectivity index (χ1v) is 3.74. The smallest absolute Gasteiger partial charge is 0.0485 e. The van der Waals surface area contributed by atoms with Crippen LogP contribution in [0.15, 0.2) is 0 Å². The molecule has 0 aromatic rings. The van der Waals surface area contributed by atoms with Crippen molar-refractivity contribution in [3.63, 3.8) is 0 Å². The summed E-state index contributed by atoms with van der Waals surface area (Å²) in [4.78, 5) is 0. The van der Waals surface area contributed by atoms with Gasteiger partial charge in [0.1, 0.15) is 0 Å². The zero-order valence-corrected chi connectivity index (χ0v) is 6.68. The lowest BCUT2D eigenvalue weighted by molar-refractivity contribution is 0.833. The van der Waals surface area contributed by atoms with Crippen LogP contribution in [0, 0.1) is 6.92 Å². The Morgan fingerprint density at radius 3 is 2.00 bits per heavy atom. The Kier molecular flexibility index (Phi) is 5.23. The van der Waals surface area contributed by atoms with Crippen molar-refractivity contribution in [2.45, 2.75) is 17.2 Å². The predicted molar refractivity (Wildman–Crippen MR) is 40.0 cm³/mol. The topological polar surface area (TPSA) is 0 Å². The third-order valence-electron chi connectivity index (χ3n) is 0.679. The van der Waals surface area contributed by atoms with Gasteiger partial charge in [0.15, 0.2) is 0 Å². The van der Waals surface area contributed by atoms with E-state index in [-0.39, 0.29) is 10.8 Å². The fraction of sp³-hybridized carbons (Fsp3) is 0.800. The highest BCUT2D eigenvalue weighted by molar-refractivity contribution is 6.28. The van der Waals surface area contributed by atoms with Gasteiger partial charge in [-0.2, -0.15) is 0 Å². The van der Waals surface area contributed by atoms with Gasteiger partial charge in [-0.3, -0.25) is 0 Å². The molecule has 0 amide bonds. The van der Waals surface area contributed by atoms with Gasteiger partial charge in [0.25, 0.3) is 0 Å². The largest absolute Gasteiger partial charge is 0.125 e. The van der Waals surface area contributed by atoms with Gasteiger partial charge in [-0.25, -0.2) is 0 Å². The fourth-order valence-electron chi connectivity index (χ4n) is 0.341. The van der Waals surface area contributed by atoms with Crippen LogP contribution in [0.4, 0.5) is 0 Å². The molecule has 0 saturated carbocycles. The van der Waals surface area contributed by atoms with Crippen molar-refractivity contribution in [3.05, 3.63) is 6.92 Å². The highest BCUT2D eigenvalue weighted by Gasteiger charge is 2.05. The molecule has 0 aliphatic heterocycles. The Bertz CT molecular complexity index is 53.6. The lowest BCUT2D eigenvalue weighted by atomic mass is 10.3. The van der Waals surface area contributed by atoms with Crippen LogP contribution in [0.2, 0.25) is 0 Å². The third kappa shape index (κ3) is 5.02. The van der Waals surface area contributed by atoms with E-state index in [2.05, 4.69) is 6.92 Å². The van der Waals surface area contributed by atoms with Crippen LogP contribution in [-0.4, -0.2) is 16.6 Å². The first-order chi connectivity index (χ1) is 3.66. The van der Waals surface area contributed by atoms with E-state index in [1.807, 2.05) is 0 Å². The van der Waals surface area contributed by atoms with E-state index < -0.39 is 0 Å². The van der Waals surface area contributed by atoms with Crippen LogP contribution in [0.25, 0.3) is 0 Å². The van der Waals surface area contributed by atoms with Crippen LogP contribution in [0.1, 0.15) is 6.42 Å². The minimum Gasteiger partial charge on any atom is -0.125 e. The lowest BCUT2D eigenvalue weighted by Crippen LogP contribution is -2.06. The zero-order chi connectivity index (χ0) is 6.57. The standard InChI is InChI=1S/C5H8Cl3/c1-4(7)2-5(8)3-6/h4-5H,1-3H2. The Labute approximate surface area is 65.1 Å². The molecule has 0 fully saturated rings. The zero-order valence-electron chi connectivity index (χ0n) is 4.41. The molecule has 0 saturated heterocycles. The van der Waals surface area contributed by atoms with E-state index in [0.717, 1.165) is 0 Å². The van der Waals surface area contributed by atoms with E-state index in [9.17, 15) is 0 Å². The van der Waals surface area contributed by atoms with Gasteiger partial charge in [0.2, 0.25) is 0 Å². The van der Waals surface area contributed by atoms with E-state index in [1.165, 1.54) is 0 Å². The van der Waals surface area contributed by atoms with Crippen LogP contribution >= 0.6 is 34.8 Å². The van der Waals surface area contributed by atoms with Crippen molar-refractivity contribution >= 4 is 34.8 Å². The van der Waals surface area contributed by atoms with Crippen molar-refractivity contribution in [2.24, 2.45) is 0 Å². The molecule has 49 valence electrons. The highest BCUT2D eigenvalue weighted by atomic mass is 35.5. The first kappa shape index (κ1) is 8.87. The number of hydrogen-bond acceptors (Lipinski definition) is 0. The van der Waals surface area contributed by atoms with E-state index in [4.69, 9.17) is 34.8 Å². The van der Waals surface area contributed by atoms with Crippen LogP contribution in [0.5, 0.6) is 0 Å². The SMILES string of the molecule is [CH2]C(Cl)CC(Cl)CCl. The molecule has 0 aliphatic carbocycles. The first-order valence-electron chi connectivity index (χ1n) is 2.34. The van der Waals surface area contributed by atoms with Gasteiger partial charge < -0.3 is 0 Å². The molecule has 0 rings (SSSR count). The summed E-state index contributed by atoms with van der Waals surface area (Å²) in [6.07, 6.45) is 0.673. The maximum atomic E-state index is 5.60. The Morgan fingerprint density at radius 1 is 1.38 bits per heavy atom. The molecule has 8 heavy (non-hydrogen) atoms. The second kappa shape index (κ2) is 4.72. The molecule has 0 bridgehead atoms. The maximum Gasteiger partial charge on any atom is 0.0485 e. The van der Waals surface area contributed by atoms with Gasteiger partial charge in [-0.15, -0.1) is 34.8 Å². The fourth-order valence-corrected chi connectivity index (χ4v) is 0.988. The molecular formula is C5H8Cl3. The molecule has 0 aromatic carbocycles. The monoisotopic (exact) mass is 173 g/mol. The van der Waals surface area contributed by atoms with Crippen molar-refractivity contribution in [2.75, 3.05) is 5.88 Å².